The number of carbonyl (C=O) groups is 1. The fourth-order valence-corrected chi connectivity index (χ4v) is 6.06. The van der Waals surface area contributed by atoms with Gasteiger partial charge in [0.25, 0.3) is 0 Å². The molecule has 3 nitrogen and oxygen atoms in total. The van der Waals surface area contributed by atoms with Crippen LogP contribution in [0.25, 0.3) is 10.8 Å². The van der Waals surface area contributed by atoms with Crippen LogP contribution >= 0.6 is 0 Å². The SMILES string of the molecule is O=C(CCc1ccccc1)N1CC2(CCN(Cc3ccc4ccccc4c3)CC2)c2cc(F)ccc21. The van der Waals surface area contributed by atoms with Crippen LogP contribution in [-0.4, -0.2) is 30.4 Å². The van der Waals surface area contributed by atoms with Gasteiger partial charge in [0, 0.05) is 30.6 Å². The summed E-state index contributed by atoms with van der Waals surface area (Å²) in [4.78, 5) is 17.7. The minimum atomic E-state index is -0.217. The molecule has 2 aliphatic rings. The molecule has 1 saturated heterocycles. The van der Waals surface area contributed by atoms with Crippen LogP contribution in [0.4, 0.5) is 10.1 Å². The zero-order valence-electron chi connectivity index (χ0n) is 20.5. The first-order chi connectivity index (χ1) is 17.6. The van der Waals surface area contributed by atoms with E-state index in [9.17, 15) is 9.18 Å². The summed E-state index contributed by atoms with van der Waals surface area (Å²) in [6, 6.07) is 30.3. The van der Waals surface area contributed by atoms with Gasteiger partial charge in [0.05, 0.1) is 0 Å². The summed E-state index contributed by atoms with van der Waals surface area (Å²) in [6.45, 7) is 3.45. The van der Waals surface area contributed by atoms with Crippen molar-refractivity contribution in [1.82, 2.24) is 4.90 Å². The number of fused-ring (bicyclic) bond motifs is 3. The smallest absolute Gasteiger partial charge is 0.227 e. The van der Waals surface area contributed by atoms with Crippen LogP contribution in [0.1, 0.15) is 36.0 Å². The Labute approximate surface area is 212 Å². The van der Waals surface area contributed by atoms with E-state index in [2.05, 4.69) is 59.5 Å². The number of amides is 1. The summed E-state index contributed by atoms with van der Waals surface area (Å²) in [7, 11) is 0. The van der Waals surface area contributed by atoms with Crippen molar-refractivity contribution in [3.63, 3.8) is 0 Å². The number of anilines is 1. The van der Waals surface area contributed by atoms with Crippen molar-refractivity contribution in [3.8, 4) is 0 Å². The highest BCUT2D eigenvalue weighted by Crippen LogP contribution is 2.47. The second-order valence-electron chi connectivity index (χ2n) is 10.4. The molecule has 0 radical (unpaired) electrons. The Morgan fingerprint density at radius 3 is 2.36 bits per heavy atom. The number of benzene rings is 4. The predicted octanol–water partition coefficient (Wildman–Crippen LogP) is 6.49. The molecule has 0 aliphatic carbocycles. The molecule has 0 unspecified atom stereocenters. The number of likely N-dealkylation sites (tertiary alicyclic amines) is 1. The van der Waals surface area contributed by atoms with Crippen molar-refractivity contribution in [2.45, 2.75) is 37.6 Å². The molecule has 0 N–H and O–H groups in total. The number of halogens is 1. The average molecular weight is 479 g/mol. The maximum absolute atomic E-state index is 14.4. The number of piperidine rings is 1. The van der Waals surface area contributed by atoms with Gasteiger partial charge in [-0.05, 0) is 84.1 Å². The number of rotatable bonds is 5. The largest absolute Gasteiger partial charge is 0.311 e. The van der Waals surface area contributed by atoms with E-state index in [0.29, 0.717) is 13.0 Å². The summed E-state index contributed by atoms with van der Waals surface area (Å²) in [6.07, 6.45) is 3.04. The third kappa shape index (κ3) is 4.42. The van der Waals surface area contributed by atoms with E-state index in [1.807, 2.05) is 23.1 Å². The fraction of sp³-hybridized carbons (Fsp3) is 0.281. The zero-order chi connectivity index (χ0) is 24.5. The van der Waals surface area contributed by atoms with E-state index in [4.69, 9.17) is 0 Å². The van der Waals surface area contributed by atoms with Crippen molar-refractivity contribution in [3.05, 3.63) is 114 Å². The lowest BCUT2D eigenvalue weighted by atomic mass is 9.74. The minimum absolute atomic E-state index is 0.127. The monoisotopic (exact) mass is 478 g/mol. The molecule has 1 fully saturated rings. The van der Waals surface area contributed by atoms with Gasteiger partial charge < -0.3 is 4.90 Å². The van der Waals surface area contributed by atoms with Crippen molar-refractivity contribution in [1.29, 1.82) is 0 Å². The molecule has 0 saturated carbocycles. The van der Waals surface area contributed by atoms with Crippen LogP contribution in [0.2, 0.25) is 0 Å². The van der Waals surface area contributed by atoms with Crippen LogP contribution in [0.3, 0.4) is 0 Å². The van der Waals surface area contributed by atoms with E-state index in [1.165, 1.54) is 28.0 Å². The molecule has 4 aromatic rings. The van der Waals surface area contributed by atoms with Gasteiger partial charge >= 0.3 is 0 Å². The molecule has 2 aliphatic heterocycles. The van der Waals surface area contributed by atoms with E-state index in [1.54, 1.807) is 12.1 Å². The Morgan fingerprint density at radius 2 is 1.56 bits per heavy atom. The second-order valence-corrected chi connectivity index (χ2v) is 10.4. The molecule has 2 heterocycles. The molecule has 6 rings (SSSR count). The number of aryl methyl sites for hydroxylation is 1. The predicted molar refractivity (Wildman–Crippen MR) is 144 cm³/mol. The van der Waals surface area contributed by atoms with Gasteiger partial charge in [0.2, 0.25) is 5.91 Å². The first kappa shape index (κ1) is 22.9. The Bertz CT molecular complexity index is 1390. The van der Waals surface area contributed by atoms with Crippen molar-refractivity contribution in [2.24, 2.45) is 0 Å². The molecule has 182 valence electrons. The first-order valence-corrected chi connectivity index (χ1v) is 12.9. The molecule has 1 amide bonds. The van der Waals surface area contributed by atoms with Crippen LogP contribution in [0.5, 0.6) is 0 Å². The van der Waals surface area contributed by atoms with Gasteiger partial charge in [-0.3, -0.25) is 9.69 Å². The standard InChI is InChI=1S/C32H31FN2O/c33-28-13-14-30-29(21-28)32(23-35(30)31(36)15-11-24-6-2-1-3-7-24)16-18-34(19-17-32)22-25-10-12-26-8-4-5-9-27(26)20-25/h1-10,12-14,20-21H,11,15-19,22-23H2. The molecular weight excluding hydrogens is 447 g/mol. The molecule has 4 aromatic carbocycles. The van der Waals surface area contributed by atoms with Crippen LogP contribution in [-0.2, 0) is 23.2 Å². The quantitative estimate of drug-likeness (QED) is 0.327. The number of nitrogens with zero attached hydrogens (tertiary/aromatic N) is 2. The lowest BCUT2D eigenvalue weighted by Crippen LogP contribution is -2.45. The minimum Gasteiger partial charge on any atom is -0.311 e. The molecule has 0 aromatic heterocycles. The summed E-state index contributed by atoms with van der Waals surface area (Å²) < 4.78 is 14.4. The van der Waals surface area contributed by atoms with E-state index in [0.717, 1.165) is 50.1 Å². The number of hydrogen-bond acceptors (Lipinski definition) is 2. The van der Waals surface area contributed by atoms with Crippen molar-refractivity contribution in [2.75, 3.05) is 24.5 Å². The zero-order valence-corrected chi connectivity index (χ0v) is 20.5. The molecule has 4 heteroatoms. The Kier molecular flexibility index (Phi) is 6.06. The highest BCUT2D eigenvalue weighted by atomic mass is 19.1. The van der Waals surface area contributed by atoms with Gasteiger partial charge in [-0.25, -0.2) is 4.39 Å². The first-order valence-electron chi connectivity index (χ1n) is 12.9. The van der Waals surface area contributed by atoms with E-state index < -0.39 is 0 Å². The average Bonchev–Trinajstić information content (AvgIpc) is 3.22. The summed E-state index contributed by atoms with van der Waals surface area (Å²) >= 11 is 0. The van der Waals surface area contributed by atoms with Crippen LogP contribution in [0, 0.1) is 5.82 Å². The molecule has 1 spiro atoms. The maximum atomic E-state index is 14.4. The van der Waals surface area contributed by atoms with E-state index in [-0.39, 0.29) is 17.1 Å². The molecule has 0 bridgehead atoms. The Balaban J connectivity index is 1.16. The van der Waals surface area contributed by atoms with E-state index >= 15 is 0 Å². The second kappa shape index (κ2) is 9.51. The lowest BCUT2D eigenvalue weighted by Gasteiger charge is -2.40. The summed E-state index contributed by atoms with van der Waals surface area (Å²) in [5.41, 5.74) is 4.24. The Hall–Kier alpha value is -3.50. The summed E-state index contributed by atoms with van der Waals surface area (Å²) in [5, 5.41) is 2.54. The third-order valence-electron chi connectivity index (χ3n) is 8.09. The van der Waals surface area contributed by atoms with Gasteiger partial charge in [-0.15, -0.1) is 0 Å². The van der Waals surface area contributed by atoms with Crippen LogP contribution < -0.4 is 4.90 Å². The van der Waals surface area contributed by atoms with Gasteiger partial charge in [0.1, 0.15) is 5.82 Å². The maximum Gasteiger partial charge on any atom is 0.227 e. The molecule has 36 heavy (non-hydrogen) atoms. The fourth-order valence-electron chi connectivity index (χ4n) is 6.06. The third-order valence-corrected chi connectivity index (χ3v) is 8.09. The van der Waals surface area contributed by atoms with Gasteiger partial charge in [0.15, 0.2) is 0 Å². The highest BCUT2D eigenvalue weighted by Gasteiger charge is 2.46. The normalized spacial score (nSPS) is 17.0. The van der Waals surface area contributed by atoms with Gasteiger partial charge in [-0.1, -0.05) is 66.7 Å². The lowest BCUT2D eigenvalue weighted by molar-refractivity contribution is -0.118. The van der Waals surface area contributed by atoms with Crippen molar-refractivity contribution < 1.29 is 9.18 Å². The van der Waals surface area contributed by atoms with Crippen LogP contribution in [0.15, 0.2) is 91.0 Å². The summed E-state index contributed by atoms with van der Waals surface area (Å²) in [5.74, 6) is -0.0903. The molecule has 0 atom stereocenters. The number of hydrogen-bond donors (Lipinski definition) is 0. The Morgan fingerprint density at radius 1 is 0.806 bits per heavy atom. The number of carbonyl (C=O) groups excluding carboxylic acids is 1. The van der Waals surface area contributed by atoms with Crippen molar-refractivity contribution >= 4 is 22.4 Å². The molecular formula is C32H31FN2O. The van der Waals surface area contributed by atoms with Gasteiger partial charge in [-0.2, -0.15) is 0 Å². The topological polar surface area (TPSA) is 23.6 Å². The highest BCUT2D eigenvalue weighted by molar-refractivity contribution is 5.96.